The first kappa shape index (κ1) is 20.3. The van der Waals surface area contributed by atoms with Crippen LogP contribution in [0.1, 0.15) is 42.3 Å². The quantitative estimate of drug-likeness (QED) is 0.540. The van der Waals surface area contributed by atoms with Gasteiger partial charge in [0.2, 0.25) is 5.91 Å². The second-order valence-corrected chi connectivity index (χ2v) is 7.16. The van der Waals surface area contributed by atoms with Gasteiger partial charge in [0.05, 0.1) is 0 Å². The van der Waals surface area contributed by atoms with E-state index in [4.69, 9.17) is 10.5 Å². The molecule has 27 heavy (non-hydrogen) atoms. The largest absolute Gasteiger partial charge is 0.488 e. The van der Waals surface area contributed by atoms with Crippen LogP contribution in [0.2, 0.25) is 0 Å². The Hall–Kier alpha value is -3.02. The van der Waals surface area contributed by atoms with Gasteiger partial charge in [-0.2, -0.15) is 0 Å². The Labute approximate surface area is 160 Å². The minimum Gasteiger partial charge on any atom is -0.488 e. The number of ether oxygens (including phenoxy) is 1. The lowest BCUT2D eigenvalue weighted by Crippen LogP contribution is -2.36. The fourth-order valence-corrected chi connectivity index (χ4v) is 2.45. The van der Waals surface area contributed by atoms with Gasteiger partial charge in [-0.05, 0) is 44.5 Å². The van der Waals surface area contributed by atoms with Gasteiger partial charge in [-0.25, -0.2) is 0 Å². The van der Waals surface area contributed by atoms with Crippen molar-refractivity contribution in [3.8, 4) is 5.75 Å². The average molecular weight is 368 g/mol. The van der Waals surface area contributed by atoms with E-state index in [0.29, 0.717) is 24.6 Å². The summed E-state index contributed by atoms with van der Waals surface area (Å²) in [6.07, 6.45) is 0. The molecule has 0 saturated carbocycles. The molecular weight excluding hydrogens is 340 g/mol. The van der Waals surface area contributed by atoms with E-state index in [0.717, 1.165) is 16.9 Å². The average Bonchev–Trinajstić information content (AvgIpc) is 2.62. The van der Waals surface area contributed by atoms with Crippen molar-refractivity contribution in [2.75, 3.05) is 7.05 Å². The van der Waals surface area contributed by atoms with Gasteiger partial charge in [0.1, 0.15) is 11.4 Å². The number of benzene rings is 2. The monoisotopic (exact) mass is 368 g/mol. The SMILES string of the molecule is CN=C(NCc1ccc(C(N)=O)cc1)NCc1ccccc1OC(C)(C)C. The number of hydrogen-bond donors (Lipinski definition) is 3. The fraction of sp³-hybridized carbons (Fsp3) is 0.333. The van der Waals surface area contributed by atoms with Gasteiger partial charge >= 0.3 is 0 Å². The summed E-state index contributed by atoms with van der Waals surface area (Å²) < 4.78 is 6.02. The summed E-state index contributed by atoms with van der Waals surface area (Å²) in [7, 11) is 1.73. The van der Waals surface area contributed by atoms with Gasteiger partial charge < -0.3 is 21.1 Å². The van der Waals surface area contributed by atoms with Crippen molar-refractivity contribution in [3.05, 3.63) is 65.2 Å². The Bertz CT molecular complexity index is 793. The molecule has 144 valence electrons. The first-order valence-corrected chi connectivity index (χ1v) is 8.88. The Morgan fingerprint density at radius 2 is 1.67 bits per heavy atom. The van der Waals surface area contributed by atoms with E-state index < -0.39 is 5.91 Å². The van der Waals surface area contributed by atoms with Crippen LogP contribution in [0.25, 0.3) is 0 Å². The number of guanidine groups is 1. The molecule has 0 aliphatic heterocycles. The van der Waals surface area contributed by atoms with Crippen LogP contribution in [0.3, 0.4) is 0 Å². The molecule has 0 fully saturated rings. The minimum atomic E-state index is -0.428. The summed E-state index contributed by atoms with van der Waals surface area (Å²) >= 11 is 0. The van der Waals surface area contributed by atoms with Crippen molar-refractivity contribution in [3.63, 3.8) is 0 Å². The molecule has 2 aromatic carbocycles. The number of amides is 1. The second-order valence-electron chi connectivity index (χ2n) is 7.16. The van der Waals surface area contributed by atoms with E-state index >= 15 is 0 Å². The number of primary amides is 1. The summed E-state index contributed by atoms with van der Waals surface area (Å²) in [5.41, 5.74) is 7.58. The molecule has 6 nitrogen and oxygen atoms in total. The van der Waals surface area contributed by atoms with Gasteiger partial charge in [-0.1, -0.05) is 30.3 Å². The maximum absolute atomic E-state index is 11.1. The zero-order valence-electron chi connectivity index (χ0n) is 16.4. The smallest absolute Gasteiger partial charge is 0.248 e. The number of rotatable bonds is 6. The summed E-state index contributed by atoms with van der Waals surface area (Å²) in [6.45, 7) is 7.26. The molecule has 0 aromatic heterocycles. The van der Waals surface area contributed by atoms with E-state index in [2.05, 4.69) is 15.6 Å². The Morgan fingerprint density at radius 1 is 1.04 bits per heavy atom. The third-order valence-corrected chi connectivity index (χ3v) is 3.76. The molecule has 0 radical (unpaired) electrons. The van der Waals surface area contributed by atoms with Crippen molar-refractivity contribution in [1.29, 1.82) is 0 Å². The highest BCUT2D eigenvalue weighted by Crippen LogP contribution is 2.22. The molecule has 0 aliphatic rings. The molecule has 0 aliphatic carbocycles. The molecule has 0 unspecified atom stereocenters. The molecule has 2 rings (SSSR count). The highest BCUT2D eigenvalue weighted by atomic mass is 16.5. The number of hydrogen-bond acceptors (Lipinski definition) is 3. The number of nitrogens with one attached hydrogen (secondary N) is 2. The molecule has 0 spiro atoms. The predicted molar refractivity (Wildman–Crippen MR) is 109 cm³/mol. The zero-order chi connectivity index (χ0) is 19.9. The van der Waals surface area contributed by atoms with Crippen LogP contribution in [-0.4, -0.2) is 24.5 Å². The zero-order valence-corrected chi connectivity index (χ0v) is 16.4. The Morgan fingerprint density at radius 3 is 2.26 bits per heavy atom. The van der Waals surface area contributed by atoms with Crippen LogP contribution < -0.4 is 21.1 Å². The van der Waals surface area contributed by atoms with E-state index in [1.807, 2.05) is 57.2 Å². The second kappa shape index (κ2) is 9.07. The number of carbonyl (C=O) groups is 1. The molecule has 4 N–H and O–H groups in total. The lowest BCUT2D eigenvalue weighted by Gasteiger charge is -2.23. The lowest BCUT2D eigenvalue weighted by atomic mass is 10.1. The molecular formula is C21H28N4O2. The maximum Gasteiger partial charge on any atom is 0.248 e. The van der Waals surface area contributed by atoms with Gasteiger partial charge in [0.15, 0.2) is 5.96 Å². The first-order valence-electron chi connectivity index (χ1n) is 8.88. The summed E-state index contributed by atoms with van der Waals surface area (Å²) in [4.78, 5) is 15.4. The number of carbonyl (C=O) groups excluding carboxylic acids is 1. The van der Waals surface area contributed by atoms with E-state index in [1.54, 1.807) is 19.2 Å². The third-order valence-electron chi connectivity index (χ3n) is 3.76. The number of nitrogens with zero attached hydrogens (tertiary/aromatic N) is 1. The summed E-state index contributed by atoms with van der Waals surface area (Å²) in [5, 5.41) is 6.55. The van der Waals surface area contributed by atoms with Crippen molar-refractivity contribution in [2.45, 2.75) is 39.5 Å². The summed E-state index contributed by atoms with van der Waals surface area (Å²) in [6, 6.07) is 15.1. The fourth-order valence-electron chi connectivity index (χ4n) is 2.45. The Kier molecular flexibility index (Phi) is 6.82. The van der Waals surface area contributed by atoms with E-state index in [-0.39, 0.29) is 5.60 Å². The highest BCUT2D eigenvalue weighted by molar-refractivity contribution is 5.92. The predicted octanol–water partition coefficient (Wildman–Crippen LogP) is 2.83. The first-order chi connectivity index (χ1) is 12.8. The molecule has 1 amide bonds. The van der Waals surface area contributed by atoms with Crippen molar-refractivity contribution >= 4 is 11.9 Å². The van der Waals surface area contributed by atoms with Crippen LogP contribution >= 0.6 is 0 Å². The topological polar surface area (TPSA) is 88.7 Å². The van der Waals surface area contributed by atoms with Gasteiger partial charge in [-0.3, -0.25) is 9.79 Å². The van der Waals surface area contributed by atoms with Crippen molar-refractivity contribution in [2.24, 2.45) is 10.7 Å². The highest BCUT2D eigenvalue weighted by Gasteiger charge is 2.14. The summed E-state index contributed by atoms with van der Waals surface area (Å²) in [5.74, 6) is 1.11. The molecule has 0 bridgehead atoms. The van der Waals surface area contributed by atoms with Crippen LogP contribution in [0.15, 0.2) is 53.5 Å². The van der Waals surface area contributed by atoms with Crippen LogP contribution in [-0.2, 0) is 13.1 Å². The molecule has 6 heteroatoms. The van der Waals surface area contributed by atoms with Crippen LogP contribution in [0.5, 0.6) is 5.75 Å². The third kappa shape index (κ3) is 6.66. The van der Waals surface area contributed by atoms with Gasteiger partial charge in [-0.15, -0.1) is 0 Å². The van der Waals surface area contributed by atoms with Crippen LogP contribution in [0, 0.1) is 0 Å². The Balaban J connectivity index is 1.93. The van der Waals surface area contributed by atoms with Crippen molar-refractivity contribution in [1.82, 2.24) is 10.6 Å². The van der Waals surface area contributed by atoms with Gasteiger partial charge in [0, 0.05) is 31.3 Å². The van der Waals surface area contributed by atoms with E-state index in [1.165, 1.54) is 0 Å². The van der Waals surface area contributed by atoms with E-state index in [9.17, 15) is 4.79 Å². The maximum atomic E-state index is 11.1. The normalized spacial score (nSPS) is 11.8. The molecule has 0 heterocycles. The van der Waals surface area contributed by atoms with Crippen LogP contribution in [0.4, 0.5) is 0 Å². The number of nitrogens with two attached hydrogens (primary N) is 1. The number of para-hydroxylation sites is 1. The standard InChI is InChI=1S/C21H28N4O2/c1-21(2,3)27-18-8-6-5-7-17(18)14-25-20(23-4)24-13-15-9-11-16(12-10-15)19(22)26/h5-12H,13-14H2,1-4H3,(H2,22,26)(H2,23,24,25). The van der Waals surface area contributed by atoms with Gasteiger partial charge in [0.25, 0.3) is 0 Å². The molecule has 0 saturated heterocycles. The minimum absolute atomic E-state index is 0.257. The molecule has 0 atom stereocenters. The van der Waals surface area contributed by atoms with Crippen molar-refractivity contribution < 1.29 is 9.53 Å². The molecule has 2 aromatic rings. The number of aliphatic imine (C=N–C) groups is 1. The lowest BCUT2D eigenvalue weighted by molar-refractivity contribution is 0.1000.